The summed E-state index contributed by atoms with van der Waals surface area (Å²) in [5.74, 6) is 0.185. The van der Waals surface area contributed by atoms with E-state index in [9.17, 15) is 13.2 Å². The fourth-order valence-corrected chi connectivity index (χ4v) is 1.69. The van der Waals surface area contributed by atoms with Crippen LogP contribution in [0.25, 0.3) is 0 Å². The van der Waals surface area contributed by atoms with Crippen molar-refractivity contribution in [1.29, 1.82) is 0 Å². The molecule has 2 aromatic rings. The zero-order valence-corrected chi connectivity index (χ0v) is 10.4. The van der Waals surface area contributed by atoms with Crippen LogP contribution >= 0.6 is 11.6 Å². The van der Waals surface area contributed by atoms with Crippen LogP contribution < -0.4 is 4.74 Å². The van der Waals surface area contributed by atoms with Crippen LogP contribution in [-0.4, -0.2) is 4.98 Å². The van der Waals surface area contributed by atoms with Crippen molar-refractivity contribution in [3.05, 3.63) is 58.7 Å². The molecule has 100 valence electrons. The molecule has 19 heavy (non-hydrogen) atoms. The van der Waals surface area contributed by atoms with Crippen LogP contribution in [0, 0.1) is 0 Å². The van der Waals surface area contributed by atoms with E-state index in [-0.39, 0.29) is 18.1 Å². The van der Waals surface area contributed by atoms with Crippen LogP contribution in [0.15, 0.2) is 42.6 Å². The first-order valence-corrected chi connectivity index (χ1v) is 5.74. The second kappa shape index (κ2) is 5.48. The minimum absolute atomic E-state index is 0.0526. The highest BCUT2D eigenvalue weighted by molar-refractivity contribution is 6.30. The van der Waals surface area contributed by atoms with Crippen LogP contribution in [0.2, 0.25) is 5.02 Å². The molecule has 0 amide bonds. The van der Waals surface area contributed by atoms with Crippen molar-refractivity contribution in [3.8, 4) is 5.88 Å². The highest BCUT2D eigenvalue weighted by atomic mass is 35.5. The molecule has 0 N–H and O–H groups in total. The second-order valence-corrected chi connectivity index (χ2v) is 4.19. The fraction of sp³-hybridized carbons (Fsp3) is 0.154. The van der Waals surface area contributed by atoms with Crippen molar-refractivity contribution in [2.45, 2.75) is 12.8 Å². The first-order chi connectivity index (χ1) is 8.97. The Balaban J connectivity index is 2.16. The number of pyridine rings is 1. The Kier molecular flexibility index (Phi) is 3.95. The summed E-state index contributed by atoms with van der Waals surface area (Å²) in [6.07, 6.45) is -2.98. The molecule has 6 heteroatoms. The molecule has 2 nitrogen and oxygen atoms in total. The molecule has 0 radical (unpaired) electrons. The van der Waals surface area contributed by atoms with Gasteiger partial charge in [-0.2, -0.15) is 13.2 Å². The lowest BCUT2D eigenvalue weighted by Crippen LogP contribution is -2.10. The monoisotopic (exact) mass is 287 g/mol. The average molecular weight is 288 g/mol. The molecule has 0 aliphatic rings. The third kappa shape index (κ3) is 3.61. The molecule has 0 saturated carbocycles. The zero-order valence-electron chi connectivity index (χ0n) is 9.62. The number of nitrogens with zero attached hydrogens (tertiary/aromatic N) is 1. The lowest BCUT2D eigenvalue weighted by atomic mass is 10.1. The second-order valence-electron chi connectivity index (χ2n) is 3.76. The van der Waals surface area contributed by atoms with Crippen LogP contribution in [0.5, 0.6) is 5.88 Å². The van der Waals surface area contributed by atoms with Gasteiger partial charge in [0, 0.05) is 22.8 Å². The number of hydrogen-bond donors (Lipinski definition) is 0. The molecule has 1 aromatic heterocycles. The number of benzene rings is 1. The summed E-state index contributed by atoms with van der Waals surface area (Å²) < 4.78 is 43.5. The van der Waals surface area contributed by atoms with Gasteiger partial charge in [-0.15, -0.1) is 0 Å². The van der Waals surface area contributed by atoms with Gasteiger partial charge in [0.1, 0.15) is 6.61 Å². The highest BCUT2D eigenvalue weighted by Gasteiger charge is 2.32. The molecule has 0 atom stereocenters. The smallest absolute Gasteiger partial charge is 0.416 e. The normalized spacial score (nSPS) is 11.4. The van der Waals surface area contributed by atoms with E-state index >= 15 is 0 Å². The Morgan fingerprint density at radius 1 is 1.16 bits per heavy atom. The molecule has 0 aliphatic carbocycles. The third-order valence-electron chi connectivity index (χ3n) is 2.40. The van der Waals surface area contributed by atoms with E-state index in [2.05, 4.69) is 4.98 Å². The predicted molar refractivity (Wildman–Crippen MR) is 65.0 cm³/mol. The maximum absolute atomic E-state index is 12.7. The molecular formula is C13H9ClF3NO. The number of aromatic nitrogens is 1. The summed E-state index contributed by atoms with van der Waals surface area (Å²) in [6, 6.07) is 8.25. The van der Waals surface area contributed by atoms with Crippen LogP contribution in [-0.2, 0) is 12.8 Å². The van der Waals surface area contributed by atoms with E-state index in [4.69, 9.17) is 16.3 Å². The van der Waals surface area contributed by atoms with Crippen molar-refractivity contribution in [1.82, 2.24) is 4.98 Å². The van der Waals surface area contributed by atoms with E-state index in [0.29, 0.717) is 5.02 Å². The van der Waals surface area contributed by atoms with E-state index in [1.54, 1.807) is 6.07 Å². The number of halogens is 4. The summed E-state index contributed by atoms with van der Waals surface area (Å²) in [7, 11) is 0. The molecule has 1 heterocycles. The molecule has 0 bridgehead atoms. The molecular weight excluding hydrogens is 279 g/mol. The SMILES string of the molecule is FC(F)(F)c1ccccc1COc1cc(Cl)ccn1. The molecule has 0 aliphatic heterocycles. The maximum Gasteiger partial charge on any atom is 0.416 e. The summed E-state index contributed by atoms with van der Waals surface area (Å²) >= 11 is 5.73. The zero-order chi connectivity index (χ0) is 13.9. The standard InChI is InChI=1S/C13H9ClF3NO/c14-10-5-6-18-12(7-10)19-8-9-3-1-2-4-11(9)13(15,16)17/h1-7H,8H2. The highest BCUT2D eigenvalue weighted by Crippen LogP contribution is 2.32. The molecule has 0 saturated heterocycles. The van der Waals surface area contributed by atoms with E-state index < -0.39 is 11.7 Å². The van der Waals surface area contributed by atoms with Gasteiger partial charge in [0.2, 0.25) is 5.88 Å². The Morgan fingerprint density at radius 2 is 1.89 bits per heavy atom. The van der Waals surface area contributed by atoms with E-state index in [1.807, 2.05) is 0 Å². The van der Waals surface area contributed by atoms with Gasteiger partial charge in [-0.3, -0.25) is 0 Å². The summed E-state index contributed by atoms with van der Waals surface area (Å²) in [5, 5.41) is 0.411. The quantitative estimate of drug-likeness (QED) is 0.838. The molecule has 0 unspecified atom stereocenters. The molecule has 1 aromatic carbocycles. The van der Waals surface area contributed by atoms with Gasteiger partial charge < -0.3 is 4.74 Å². The van der Waals surface area contributed by atoms with Crippen molar-refractivity contribution in [2.75, 3.05) is 0 Å². The first kappa shape index (κ1) is 13.7. The summed E-state index contributed by atoms with van der Waals surface area (Å²) in [5.41, 5.74) is -0.659. The Labute approximate surface area is 112 Å². The largest absolute Gasteiger partial charge is 0.473 e. The number of rotatable bonds is 3. The minimum Gasteiger partial charge on any atom is -0.473 e. The summed E-state index contributed by atoms with van der Waals surface area (Å²) in [4.78, 5) is 3.86. The van der Waals surface area contributed by atoms with Gasteiger partial charge in [-0.1, -0.05) is 29.8 Å². The number of hydrogen-bond acceptors (Lipinski definition) is 2. The van der Waals surface area contributed by atoms with Crippen molar-refractivity contribution < 1.29 is 17.9 Å². The third-order valence-corrected chi connectivity index (χ3v) is 2.63. The lowest BCUT2D eigenvalue weighted by molar-refractivity contribution is -0.138. The Hall–Kier alpha value is -1.75. The molecule has 0 fully saturated rings. The van der Waals surface area contributed by atoms with Gasteiger partial charge in [-0.25, -0.2) is 4.98 Å². The average Bonchev–Trinajstić information content (AvgIpc) is 2.36. The van der Waals surface area contributed by atoms with Gasteiger partial charge >= 0.3 is 6.18 Å². The van der Waals surface area contributed by atoms with Crippen LogP contribution in [0.3, 0.4) is 0 Å². The number of alkyl halides is 3. The first-order valence-electron chi connectivity index (χ1n) is 5.36. The predicted octanol–water partition coefficient (Wildman–Crippen LogP) is 4.33. The maximum atomic E-state index is 12.7. The van der Waals surface area contributed by atoms with Gasteiger partial charge in [0.05, 0.1) is 5.56 Å². The Morgan fingerprint density at radius 3 is 2.58 bits per heavy atom. The topological polar surface area (TPSA) is 22.1 Å². The number of ether oxygens (including phenoxy) is 1. The minimum atomic E-state index is -4.40. The van der Waals surface area contributed by atoms with Crippen molar-refractivity contribution in [3.63, 3.8) is 0 Å². The van der Waals surface area contributed by atoms with E-state index in [1.165, 1.54) is 30.5 Å². The van der Waals surface area contributed by atoms with Crippen LogP contribution in [0.4, 0.5) is 13.2 Å². The van der Waals surface area contributed by atoms with Crippen LogP contribution in [0.1, 0.15) is 11.1 Å². The van der Waals surface area contributed by atoms with Gasteiger partial charge in [0.25, 0.3) is 0 Å². The van der Waals surface area contributed by atoms with Crippen molar-refractivity contribution >= 4 is 11.6 Å². The van der Waals surface area contributed by atoms with E-state index in [0.717, 1.165) is 6.07 Å². The molecule has 0 spiro atoms. The summed E-state index contributed by atoms with van der Waals surface area (Å²) in [6.45, 7) is -0.219. The van der Waals surface area contributed by atoms with Gasteiger partial charge in [0.15, 0.2) is 0 Å². The fourth-order valence-electron chi connectivity index (χ4n) is 1.54. The lowest BCUT2D eigenvalue weighted by Gasteiger charge is -2.13. The Bertz CT molecular complexity index is 572. The molecule has 2 rings (SSSR count). The van der Waals surface area contributed by atoms with Gasteiger partial charge in [-0.05, 0) is 12.1 Å². The van der Waals surface area contributed by atoms with Crippen molar-refractivity contribution in [2.24, 2.45) is 0 Å².